The van der Waals surface area contributed by atoms with Gasteiger partial charge in [-0.05, 0) is 66.6 Å². The number of nitriles is 1. The Kier molecular flexibility index (Phi) is 4.65. The smallest absolute Gasteiger partial charge is 0.127 e. The van der Waals surface area contributed by atoms with Crippen LogP contribution in [0, 0.1) is 17.1 Å². The van der Waals surface area contributed by atoms with Crippen LogP contribution in [0.1, 0.15) is 11.1 Å². The monoisotopic (exact) mass is 368 g/mol. The van der Waals surface area contributed by atoms with Crippen molar-refractivity contribution in [2.45, 2.75) is 6.42 Å². The molecule has 0 fully saturated rings. The molecule has 0 radical (unpaired) electrons. The van der Waals surface area contributed by atoms with Crippen molar-refractivity contribution in [1.82, 2.24) is 4.57 Å². The average Bonchev–Trinajstić information content (AvgIpc) is 3.09. The van der Waals surface area contributed by atoms with Gasteiger partial charge in [-0.1, -0.05) is 18.2 Å². The van der Waals surface area contributed by atoms with Gasteiger partial charge < -0.3 is 9.30 Å². The number of benzene rings is 3. The van der Waals surface area contributed by atoms with Crippen LogP contribution in [0.5, 0.6) is 11.5 Å². The molecule has 0 aliphatic rings. The Morgan fingerprint density at radius 1 is 1.00 bits per heavy atom. The second-order valence-corrected chi connectivity index (χ2v) is 6.38. The van der Waals surface area contributed by atoms with Crippen molar-refractivity contribution in [2.24, 2.45) is 0 Å². The van der Waals surface area contributed by atoms with Crippen molar-refractivity contribution in [3.8, 4) is 23.3 Å². The molecule has 0 atom stereocenters. The summed E-state index contributed by atoms with van der Waals surface area (Å²) in [7, 11) is 0. The predicted molar refractivity (Wildman–Crippen MR) is 108 cm³/mol. The summed E-state index contributed by atoms with van der Waals surface area (Å²) in [6, 6.07) is 21.5. The van der Waals surface area contributed by atoms with E-state index in [2.05, 4.69) is 12.6 Å². The molecule has 28 heavy (non-hydrogen) atoms. The number of aromatic nitrogens is 1. The molecular formula is C24H17FN2O. The van der Waals surface area contributed by atoms with Crippen LogP contribution >= 0.6 is 0 Å². The van der Waals surface area contributed by atoms with Crippen LogP contribution in [0.4, 0.5) is 4.39 Å². The van der Waals surface area contributed by atoms with Gasteiger partial charge in [-0.2, -0.15) is 5.26 Å². The molecule has 0 saturated carbocycles. The minimum atomic E-state index is -0.300. The van der Waals surface area contributed by atoms with Crippen LogP contribution in [0.3, 0.4) is 0 Å². The Morgan fingerprint density at radius 2 is 1.68 bits per heavy atom. The highest BCUT2D eigenvalue weighted by molar-refractivity contribution is 5.90. The minimum absolute atomic E-state index is 0.300. The summed E-state index contributed by atoms with van der Waals surface area (Å²) < 4.78 is 20.8. The Morgan fingerprint density at radius 3 is 2.32 bits per heavy atom. The van der Waals surface area contributed by atoms with E-state index in [4.69, 9.17) is 4.74 Å². The number of fused-ring (bicyclic) bond motifs is 1. The Hall–Kier alpha value is -3.84. The summed E-state index contributed by atoms with van der Waals surface area (Å²) in [6.45, 7) is 3.83. The molecule has 0 aliphatic carbocycles. The van der Waals surface area contributed by atoms with Crippen LogP contribution in [0.2, 0.25) is 0 Å². The average molecular weight is 368 g/mol. The molecule has 4 heteroatoms. The lowest BCUT2D eigenvalue weighted by Gasteiger charge is -2.09. The molecule has 0 unspecified atom stereocenters. The maximum atomic E-state index is 13.0. The standard InChI is InChI=1S/C24H17FN2O/c1-2-4-18-16-27(24-17(15-26)5-3-6-23(18)24)20-9-13-22(14-10-20)28-21-11-7-19(25)8-12-21/h2-3,5-14,16H,1,4H2. The van der Waals surface area contributed by atoms with E-state index >= 15 is 0 Å². The third kappa shape index (κ3) is 3.26. The van der Waals surface area contributed by atoms with Gasteiger partial charge in [0.15, 0.2) is 0 Å². The fraction of sp³-hybridized carbons (Fsp3) is 0.0417. The van der Waals surface area contributed by atoms with Gasteiger partial charge >= 0.3 is 0 Å². The first-order valence-corrected chi connectivity index (χ1v) is 8.87. The van der Waals surface area contributed by atoms with E-state index in [1.807, 2.05) is 59.3 Å². The van der Waals surface area contributed by atoms with Gasteiger partial charge in [0.1, 0.15) is 23.4 Å². The van der Waals surface area contributed by atoms with Crippen molar-refractivity contribution < 1.29 is 9.13 Å². The number of rotatable bonds is 5. The molecule has 0 N–H and O–H groups in total. The number of hydrogen-bond acceptors (Lipinski definition) is 2. The van der Waals surface area contributed by atoms with Gasteiger partial charge in [-0.15, -0.1) is 6.58 Å². The number of allylic oxidation sites excluding steroid dienone is 1. The zero-order chi connectivity index (χ0) is 19.5. The first-order chi connectivity index (χ1) is 13.7. The van der Waals surface area contributed by atoms with E-state index < -0.39 is 0 Å². The normalized spacial score (nSPS) is 10.6. The lowest BCUT2D eigenvalue weighted by molar-refractivity contribution is 0.480. The van der Waals surface area contributed by atoms with E-state index in [0.717, 1.165) is 28.6 Å². The fourth-order valence-electron chi connectivity index (χ4n) is 3.28. The number of nitrogens with zero attached hydrogens (tertiary/aromatic N) is 2. The second kappa shape index (κ2) is 7.42. The van der Waals surface area contributed by atoms with E-state index in [9.17, 15) is 9.65 Å². The molecule has 0 amide bonds. The van der Waals surface area contributed by atoms with E-state index in [0.29, 0.717) is 17.1 Å². The van der Waals surface area contributed by atoms with E-state index in [1.54, 1.807) is 12.1 Å². The Labute approximate surface area is 162 Å². The molecule has 1 aromatic heterocycles. The summed E-state index contributed by atoms with van der Waals surface area (Å²) in [6.07, 6.45) is 4.63. The topological polar surface area (TPSA) is 38.0 Å². The maximum Gasteiger partial charge on any atom is 0.127 e. The highest BCUT2D eigenvalue weighted by Gasteiger charge is 2.13. The van der Waals surface area contributed by atoms with Crippen LogP contribution in [0.15, 0.2) is 85.6 Å². The Bertz CT molecular complexity index is 1180. The first kappa shape index (κ1) is 17.6. The molecule has 136 valence electrons. The summed E-state index contributed by atoms with van der Waals surface area (Å²) in [5.74, 6) is 0.921. The van der Waals surface area contributed by atoms with Crippen LogP contribution in [-0.2, 0) is 6.42 Å². The molecule has 0 spiro atoms. The summed E-state index contributed by atoms with van der Waals surface area (Å²) >= 11 is 0. The summed E-state index contributed by atoms with van der Waals surface area (Å²) in [5.41, 5.74) is 3.55. The zero-order valence-electron chi connectivity index (χ0n) is 15.1. The van der Waals surface area contributed by atoms with Crippen molar-refractivity contribution >= 4 is 10.9 Å². The van der Waals surface area contributed by atoms with Crippen molar-refractivity contribution in [3.05, 3.63) is 103 Å². The van der Waals surface area contributed by atoms with E-state index in [1.165, 1.54) is 12.1 Å². The molecule has 3 aromatic carbocycles. The number of ether oxygens (including phenoxy) is 1. The van der Waals surface area contributed by atoms with Crippen LogP contribution < -0.4 is 4.74 Å². The lowest BCUT2D eigenvalue weighted by Crippen LogP contribution is -1.94. The van der Waals surface area contributed by atoms with Gasteiger partial charge in [0, 0.05) is 17.3 Å². The molecule has 4 rings (SSSR count). The van der Waals surface area contributed by atoms with Crippen molar-refractivity contribution in [1.29, 1.82) is 5.26 Å². The highest BCUT2D eigenvalue weighted by Crippen LogP contribution is 2.30. The molecule has 0 saturated heterocycles. The predicted octanol–water partition coefficient (Wildman–Crippen LogP) is 6.16. The number of para-hydroxylation sites is 1. The third-order valence-electron chi connectivity index (χ3n) is 4.56. The molecular weight excluding hydrogens is 351 g/mol. The van der Waals surface area contributed by atoms with Gasteiger partial charge in [0.25, 0.3) is 0 Å². The van der Waals surface area contributed by atoms with Crippen molar-refractivity contribution in [2.75, 3.05) is 0 Å². The SMILES string of the molecule is C=CCc1cn(-c2ccc(Oc3ccc(F)cc3)cc2)c2c(C#N)cccc12. The van der Waals surface area contributed by atoms with Gasteiger partial charge in [0.2, 0.25) is 0 Å². The van der Waals surface area contributed by atoms with Crippen LogP contribution in [0.25, 0.3) is 16.6 Å². The minimum Gasteiger partial charge on any atom is -0.457 e. The number of halogens is 1. The zero-order valence-corrected chi connectivity index (χ0v) is 15.1. The van der Waals surface area contributed by atoms with Gasteiger partial charge in [0.05, 0.1) is 11.1 Å². The largest absolute Gasteiger partial charge is 0.457 e. The second-order valence-electron chi connectivity index (χ2n) is 6.38. The fourth-order valence-corrected chi connectivity index (χ4v) is 3.28. The number of hydrogen-bond donors (Lipinski definition) is 0. The van der Waals surface area contributed by atoms with Crippen molar-refractivity contribution in [3.63, 3.8) is 0 Å². The molecule has 3 nitrogen and oxygen atoms in total. The summed E-state index contributed by atoms with van der Waals surface area (Å²) in [5, 5.41) is 10.6. The summed E-state index contributed by atoms with van der Waals surface area (Å²) in [4.78, 5) is 0. The maximum absolute atomic E-state index is 13.0. The lowest BCUT2D eigenvalue weighted by atomic mass is 10.1. The molecule has 0 aliphatic heterocycles. The Balaban J connectivity index is 1.73. The third-order valence-corrected chi connectivity index (χ3v) is 4.56. The first-order valence-electron chi connectivity index (χ1n) is 8.87. The van der Waals surface area contributed by atoms with Gasteiger partial charge in [-0.3, -0.25) is 0 Å². The molecule has 4 aromatic rings. The van der Waals surface area contributed by atoms with E-state index in [-0.39, 0.29) is 5.82 Å². The molecule has 1 heterocycles. The quantitative estimate of drug-likeness (QED) is 0.396. The molecule has 0 bridgehead atoms. The van der Waals surface area contributed by atoms with Gasteiger partial charge in [-0.25, -0.2) is 4.39 Å². The highest BCUT2D eigenvalue weighted by atomic mass is 19.1. The van der Waals surface area contributed by atoms with Crippen LogP contribution in [-0.4, -0.2) is 4.57 Å².